The van der Waals surface area contributed by atoms with Crippen molar-refractivity contribution in [3.63, 3.8) is 0 Å². The molecule has 112 valence electrons. The molecule has 1 unspecified atom stereocenters. The highest BCUT2D eigenvalue weighted by molar-refractivity contribution is 9.10. The lowest BCUT2D eigenvalue weighted by Crippen LogP contribution is -2.33. The number of hydrogen-bond donors (Lipinski definition) is 1. The van der Waals surface area contributed by atoms with Crippen LogP contribution in [0.3, 0.4) is 0 Å². The van der Waals surface area contributed by atoms with E-state index in [-0.39, 0.29) is 0 Å². The number of nitrogens with one attached hydrogen (secondary N) is 1. The van der Waals surface area contributed by atoms with Crippen LogP contribution in [0.1, 0.15) is 6.92 Å². The second-order valence-corrected chi connectivity index (χ2v) is 7.44. The van der Waals surface area contributed by atoms with Gasteiger partial charge in [0, 0.05) is 10.2 Å². The van der Waals surface area contributed by atoms with Crippen molar-refractivity contribution < 1.29 is 17.9 Å². The first-order valence-electron chi connectivity index (χ1n) is 6.12. The fourth-order valence-electron chi connectivity index (χ4n) is 1.83. The maximum Gasteiger partial charge on any atom is 0.325 e. The second kappa shape index (κ2) is 6.03. The van der Waals surface area contributed by atoms with Crippen molar-refractivity contribution in [2.45, 2.75) is 12.2 Å². The number of methoxy groups -OCH3 is 1. The first-order valence-corrected chi connectivity index (χ1v) is 8.46. The summed E-state index contributed by atoms with van der Waals surface area (Å²) in [6, 6.07) is 10.9. The van der Waals surface area contributed by atoms with Crippen LogP contribution in [0.25, 0.3) is 10.8 Å². The standard InChI is InChI=1S/C14H14BrNO4S/c1-9(14(17)20-2)21(18,19)16-13-6-4-10-7-12(15)5-3-11(10)8-13/h3-9,16H,1-2H3. The zero-order valence-electron chi connectivity index (χ0n) is 11.5. The summed E-state index contributed by atoms with van der Waals surface area (Å²) in [4.78, 5) is 11.4. The minimum Gasteiger partial charge on any atom is -0.468 e. The summed E-state index contributed by atoms with van der Waals surface area (Å²) in [5.41, 5.74) is 0.403. The number of benzene rings is 2. The Kier molecular flexibility index (Phi) is 4.53. The summed E-state index contributed by atoms with van der Waals surface area (Å²) in [7, 11) is -2.68. The number of hydrogen-bond acceptors (Lipinski definition) is 4. The third-order valence-electron chi connectivity index (χ3n) is 3.06. The average Bonchev–Trinajstić information content (AvgIpc) is 2.45. The molecule has 0 saturated carbocycles. The van der Waals surface area contributed by atoms with Crippen LogP contribution in [-0.2, 0) is 19.6 Å². The number of esters is 1. The number of anilines is 1. The van der Waals surface area contributed by atoms with E-state index >= 15 is 0 Å². The van der Waals surface area contributed by atoms with E-state index in [1.807, 2.05) is 18.2 Å². The molecular formula is C14H14BrNO4S. The molecule has 7 heteroatoms. The number of rotatable bonds is 4. The molecule has 2 rings (SSSR count). The molecule has 2 aromatic carbocycles. The first-order chi connectivity index (χ1) is 9.83. The molecule has 1 N–H and O–H groups in total. The van der Waals surface area contributed by atoms with Gasteiger partial charge in [-0.05, 0) is 42.0 Å². The van der Waals surface area contributed by atoms with Gasteiger partial charge < -0.3 is 4.74 Å². The zero-order chi connectivity index (χ0) is 15.6. The monoisotopic (exact) mass is 371 g/mol. The molecular weight excluding hydrogens is 358 g/mol. The van der Waals surface area contributed by atoms with Gasteiger partial charge in [0.05, 0.1) is 7.11 Å². The summed E-state index contributed by atoms with van der Waals surface area (Å²) in [5, 5.41) is 0.598. The molecule has 0 aromatic heterocycles. The molecule has 0 saturated heterocycles. The lowest BCUT2D eigenvalue weighted by molar-refractivity contribution is -0.139. The Labute approximate surface area is 131 Å². The van der Waals surface area contributed by atoms with Gasteiger partial charge in [-0.3, -0.25) is 9.52 Å². The van der Waals surface area contributed by atoms with Crippen LogP contribution in [0.15, 0.2) is 40.9 Å². The molecule has 2 aromatic rings. The highest BCUT2D eigenvalue weighted by Gasteiger charge is 2.28. The molecule has 0 spiro atoms. The van der Waals surface area contributed by atoms with Gasteiger partial charge >= 0.3 is 5.97 Å². The second-order valence-electron chi connectivity index (χ2n) is 4.52. The smallest absolute Gasteiger partial charge is 0.325 e. The third-order valence-corrected chi connectivity index (χ3v) is 5.20. The topological polar surface area (TPSA) is 72.5 Å². The molecule has 0 heterocycles. The number of carbonyl (C=O) groups excluding carboxylic acids is 1. The van der Waals surface area contributed by atoms with Gasteiger partial charge in [0.15, 0.2) is 5.25 Å². The predicted octanol–water partition coefficient (Wildman–Crippen LogP) is 2.91. The van der Waals surface area contributed by atoms with Crippen molar-refractivity contribution in [2.24, 2.45) is 0 Å². The van der Waals surface area contributed by atoms with Crippen LogP contribution in [0.2, 0.25) is 0 Å². The van der Waals surface area contributed by atoms with Crippen LogP contribution in [0, 0.1) is 0 Å². The van der Waals surface area contributed by atoms with Crippen LogP contribution >= 0.6 is 15.9 Å². The van der Waals surface area contributed by atoms with Gasteiger partial charge in [0.25, 0.3) is 0 Å². The minimum atomic E-state index is -3.84. The van der Waals surface area contributed by atoms with E-state index in [2.05, 4.69) is 25.4 Å². The third kappa shape index (κ3) is 3.54. The Hall–Kier alpha value is -1.60. The van der Waals surface area contributed by atoms with Crippen molar-refractivity contribution in [1.82, 2.24) is 0 Å². The van der Waals surface area contributed by atoms with Gasteiger partial charge in [-0.1, -0.05) is 28.1 Å². The Morgan fingerprint density at radius 2 is 1.81 bits per heavy atom. The molecule has 0 amide bonds. The number of carbonyl (C=O) groups is 1. The number of sulfonamides is 1. The normalized spacial score (nSPS) is 12.9. The molecule has 0 aliphatic carbocycles. The molecule has 1 atom stereocenters. The minimum absolute atomic E-state index is 0.403. The summed E-state index contributed by atoms with van der Waals surface area (Å²) < 4.78 is 31.9. The zero-order valence-corrected chi connectivity index (χ0v) is 13.9. The number of ether oxygens (including phenoxy) is 1. The van der Waals surface area contributed by atoms with Gasteiger partial charge in [0.1, 0.15) is 0 Å². The van der Waals surface area contributed by atoms with E-state index in [4.69, 9.17) is 0 Å². The van der Waals surface area contributed by atoms with E-state index < -0.39 is 21.2 Å². The first kappa shape index (κ1) is 15.8. The lowest BCUT2D eigenvalue weighted by Gasteiger charge is -2.13. The Morgan fingerprint density at radius 1 is 1.19 bits per heavy atom. The highest BCUT2D eigenvalue weighted by Crippen LogP contribution is 2.24. The molecule has 0 bridgehead atoms. The molecule has 0 fully saturated rings. The van der Waals surface area contributed by atoms with Gasteiger partial charge in [-0.15, -0.1) is 0 Å². The number of fused-ring (bicyclic) bond motifs is 1. The van der Waals surface area contributed by atoms with Crippen molar-refractivity contribution >= 4 is 48.4 Å². The van der Waals surface area contributed by atoms with E-state index in [9.17, 15) is 13.2 Å². The van der Waals surface area contributed by atoms with Crippen LogP contribution in [0.4, 0.5) is 5.69 Å². The van der Waals surface area contributed by atoms with Crippen molar-refractivity contribution in [2.75, 3.05) is 11.8 Å². The lowest BCUT2D eigenvalue weighted by atomic mass is 10.1. The van der Waals surface area contributed by atoms with E-state index in [1.54, 1.807) is 18.2 Å². The van der Waals surface area contributed by atoms with E-state index in [1.165, 1.54) is 6.92 Å². The average molecular weight is 372 g/mol. The summed E-state index contributed by atoms with van der Waals surface area (Å²) in [5.74, 6) is -0.799. The Balaban J connectivity index is 2.31. The van der Waals surface area contributed by atoms with Crippen molar-refractivity contribution in [3.8, 4) is 0 Å². The summed E-state index contributed by atoms with van der Waals surface area (Å²) in [6.07, 6.45) is 0. The van der Waals surface area contributed by atoms with Gasteiger partial charge in [0.2, 0.25) is 10.0 Å². The molecule has 21 heavy (non-hydrogen) atoms. The van der Waals surface area contributed by atoms with Crippen LogP contribution < -0.4 is 4.72 Å². The number of halogens is 1. The molecule has 5 nitrogen and oxygen atoms in total. The largest absolute Gasteiger partial charge is 0.468 e. The molecule has 0 aliphatic heterocycles. The fraction of sp³-hybridized carbons (Fsp3) is 0.214. The van der Waals surface area contributed by atoms with Crippen LogP contribution in [-0.4, -0.2) is 26.7 Å². The Bertz CT molecular complexity index is 789. The maximum absolute atomic E-state index is 12.1. The van der Waals surface area contributed by atoms with Crippen LogP contribution in [0.5, 0.6) is 0 Å². The summed E-state index contributed by atoms with van der Waals surface area (Å²) in [6.45, 7) is 1.28. The fourth-order valence-corrected chi connectivity index (χ4v) is 3.19. The van der Waals surface area contributed by atoms with E-state index in [0.29, 0.717) is 5.69 Å². The molecule has 0 aliphatic rings. The van der Waals surface area contributed by atoms with Crippen molar-refractivity contribution in [3.05, 3.63) is 40.9 Å². The highest BCUT2D eigenvalue weighted by atomic mass is 79.9. The SMILES string of the molecule is COC(=O)C(C)S(=O)(=O)Nc1ccc2cc(Br)ccc2c1. The van der Waals surface area contributed by atoms with Gasteiger partial charge in [-0.25, -0.2) is 8.42 Å². The predicted molar refractivity (Wildman–Crippen MR) is 85.7 cm³/mol. The molecule has 0 radical (unpaired) electrons. The quantitative estimate of drug-likeness (QED) is 0.838. The maximum atomic E-state index is 12.1. The van der Waals surface area contributed by atoms with Gasteiger partial charge in [-0.2, -0.15) is 0 Å². The Morgan fingerprint density at radius 3 is 2.48 bits per heavy atom. The van der Waals surface area contributed by atoms with Crippen molar-refractivity contribution in [1.29, 1.82) is 0 Å². The van der Waals surface area contributed by atoms with E-state index in [0.717, 1.165) is 22.4 Å². The summed E-state index contributed by atoms with van der Waals surface area (Å²) >= 11 is 3.38.